The van der Waals surface area contributed by atoms with Crippen LogP contribution in [0.2, 0.25) is 5.02 Å². The summed E-state index contributed by atoms with van der Waals surface area (Å²) in [5.41, 5.74) is 2.72. The molecule has 0 unspecified atom stereocenters. The highest BCUT2D eigenvalue weighted by atomic mass is 35.5. The predicted molar refractivity (Wildman–Crippen MR) is 68.8 cm³/mol. The topological polar surface area (TPSA) is 55.7 Å². The lowest BCUT2D eigenvalue weighted by Crippen LogP contribution is -2.09. The zero-order chi connectivity index (χ0) is 13.1. The first-order chi connectivity index (χ1) is 8.58. The van der Waals surface area contributed by atoms with E-state index in [2.05, 4.69) is 15.2 Å². The van der Waals surface area contributed by atoms with E-state index in [9.17, 15) is 4.79 Å². The van der Waals surface area contributed by atoms with Crippen LogP contribution >= 0.6 is 11.6 Å². The lowest BCUT2D eigenvalue weighted by atomic mass is 10.0. The molecule has 0 radical (unpaired) electrons. The number of aromatic nitrogens is 3. The summed E-state index contributed by atoms with van der Waals surface area (Å²) in [6.07, 6.45) is 3.40. The average molecular weight is 262 g/mol. The van der Waals surface area contributed by atoms with E-state index in [1.807, 2.05) is 6.92 Å². The molecule has 0 aliphatic rings. The third-order valence-electron chi connectivity index (χ3n) is 2.61. The van der Waals surface area contributed by atoms with E-state index in [0.717, 1.165) is 11.3 Å². The van der Waals surface area contributed by atoms with Crippen LogP contribution in [0, 0.1) is 13.8 Å². The molecule has 0 saturated carbocycles. The minimum absolute atomic E-state index is 0.0152. The Hall–Kier alpha value is -1.81. The van der Waals surface area contributed by atoms with Crippen molar-refractivity contribution in [2.75, 3.05) is 0 Å². The molecule has 0 saturated heterocycles. The van der Waals surface area contributed by atoms with Gasteiger partial charge in [0.1, 0.15) is 0 Å². The van der Waals surface area contributed by atoms with Crippen molar-refractivity contribution in [2.24, 2.45) is 0 Å². The number of pyridine rings is 1. The zero-order valence-electron chi connectivity index (χ0n) is 10.1. The molecule has 0 aromatic carbocycles. The highest BCUT2D eigenvalue weighted by Crippen LogP contribution is 2.17. The van der Waals surface area contributed by atoms with E-state index in [-0.39, 0.29) is 12.2 Å². The second kappa shape index (κ2) is 5.23. The van der Waals surface area contributed by atoms with Crippen LogP contribution < -0.4 is 0 Å². The van der Waals surface area contributed by atoms with Crippen molar-refractivity contribution in [3.63, 3.8) is 0 Å². The van der Waals surface area contributed by atoms with Gasteiger partial charge in [-0.1, -0.05) is 11.6 Å². The Morgan fingerprint density at radius 3 is 2.83 bits per heavy atom. The van der Waals surface area contributed by atoms with Gasteiger partial charge in [-0.05, 0) is 31.5 Å². The molecule has 0 fully saturated rings. The minimum atomic E-state index is -0.0152. The summed E-state index contributed by atoms with van der Waals surface area (Å²) in [6, 6.07) is 3.50. The summed E-state index contributed by atoms with van der Waals surface area (Å²) in [7, 11) is 0. The van der Waals surface area contributed by atoms with Gasteiger partial charge in [0.15, 0.2) is 5.78 Å². The van der Waals surface area contributed by atoms with Crippen LogP contribution in [-0.2, 0) is 6.42 Å². The molecule has 2 aromatic heterocycles. The van der Waals surface area contributed by atoms with Gasteiger partial charge in [0.25, 0.3) is 0 Å². The van der Waals surface area contributed by atoms with Crippen LogP contribution in [0.15, 0.2) is 24.5 Å². The van der Waals surface area contributed by atoms with Crippen LogP contribution in [0.4, 0.5) is 0 Å². The maximum Gasteiger partial charge on any atom is 0.169 e. The Bertz CT molecular complexity index is 599. The normalized spacial score (nSPS) is 10.4. The summed E-state index contributed by atoms with van der Waals surface area (Å²) in [6.45, 7) is 3.58. The molecular formula is C13H12ClN3O. The van der Waals surface area contributed by atoms with Crippen molar-refractivity contribution in [1.29, 1.82) is 0 Å². The summed E-state index contributed by atoms with van der Waals surface area (Å²) >= 11 is 5.98. The fourth-order valence-electron chi connectivity index (χ4n) is 1.65. The van der Waals surface area contributed by atoms with Gasteiger partial charge >= 0.3 is 0 Å². The first-order valence-electron chi connectivity index (χ1n) is 5.50. The highest BCUT2D eigenvalue weighted by Gasteiger charge is 2.13. The molecule has 2 heterocycles. The zero-order valence-corrected chi connectivity index (χ0v) is 10.9. The van der Waals surface area contributed by atoms with Crippen molar-refractivity contribution in [3.05, 3.63) is 52.1 Å². The van der Waals surface area contributed by atoms with Crippen LogP contribution in [-0.4, -0.2) is 21.0 Å². The molecule has 4 nitrogen and oxygen atoms in total. The number of ketones is 1. The van der Waals surface area contributed by atoms with Crippen LogP contribution in [0.3, 0.4) is 0 Å². The predicted octanol–water partition coefficient (Wildman–Crippen LogP) is 2.57. The Labute approximate surface area is 110 Å². The third-order valence-corrected chi connectivity index (χ3v) is 2.95. The molecule has 2 rings (SSSR count). The van der Waals surface area contributed by atoms with Crippen molar-refractivity contribution in [1.82, 2.24) is 15.2 Å². The van der Waals surface area contributed by atoms with Gasteiger partial charge in [-0.3, -0.25) is 9.78 Å². The number of aryl methyl sites for hydroxylation is 2. The quantitative estimate of drug-likeness (QED) is 0.797. The van der Waals surface area contributed by atoms with Gasteiger partial charge in [0.05, 0.1) is 16.4 Å². The lowest BCUT2D eigenvalue weighted by molar-refractivity contribution is 0.0991. The largest absolute Gasteiger partial charge is 0.294 e. The fraction of sp³-hybridized carbons (Fsp3) is 0.231. The second-order valence-electron chi connectivity index (χ2n) is 4.05. The van der Waals surface area contributed by atoms with Crippen LogP contribution in [0.5, 0.6) is 0 Å². The summed E-state index contributed by atoms with van der Waals surface area (Å²) in [5.74, 6) is -0.0152. The molecule has 0 spiro atoms. The number of hydrogen-bond donors (Lipinski definition) is 0. The number of nitrogens with zero attached hydrogens (tertiary/aromatic N) is 3. The van der Waals surface area contributed by atoms with E-state index >= 15 is 0 Å². The standard InChI is InChI=1S/C13H12ClN3O/c1-8-5-11(9(2)17-16-8)13(18)6-10-3-4-15-7-12(10)14/h3-5,7H,6H2,1-2H3. The van der Waals surface area contributed by atoms with Gasteiger partial charge in [0, 0.05) is 24.4 Å². The Morgan fingerprint density at radius 1 is 1.33 bits per heavy atom. The molecule has 0 aliphatic carbocycles. The second-order valence-corrected chi connectivity index (χ2v) is 4.46. The van der Waals surface area contributed by atoms with E-state index in [1.165, 1.54) is 6.20 Å². The number of Topliss-reactive ketones (excluding diaryl/α,β-unsaturated/α-hetero) is 1. The Kier molecular flexibility index (Phi) is 3.67. The van der Waals surface area contributed by atoms with E-state index < -0.39 is 0 Å². The SMILES string of the molecule is Cc1cc(C(=O)Cc2ccncc2Cl)c(C)nn1. The first kappa shape index (κ1) is 12.6. The molecule has 0 atom stereocenters. The fourth-order valence-corrected chi connectivity index (χ4v) is 1.83. The van der Waals surface area contributed by atoms with Gasteiger partial charge in [-0.15, -0.1) is 0 Å². The molecule has 0 N–H and O–H groups in total. The van der Waals surface area contributed by atoms with Crippen LogP contribution in [0.25, 0.3) is 0 Å². The first-order valence-corrected chi connectivity index (χ1v) is 5.88. The third kappa shape index (κ3) is 2.71. The number of halogens is 1. The minimum Gasteiger partial charge on any atom is -0.294 e. The van der Waals surface area contributed by atoms with Gasteiger partial charge < -0.3 is 0 Å². The summed E-state index contributed by atoms with van der Waals surface area (Å²) < 4.78 is 0. The molecule has 0 amide bonds. The lowest BCUT2D eigenvalue weighted by Gasteiger charge is -2.05. The average Bonchev–Trinajstić information content (AvgIpc) is 2.35. The van der Waals surface area contributed by atoms with E-state index in [4.69, 9.17) is 11.6 Å². The molecule has 2 aromatic rings. The summed E-state index contributed by atoms with van der Waals surface area (Å²) in [5, 5.41) is 8.36. The number of carbonyl (C=O) groups excluding carboxylic acids is 1. The number of carbonyl (C=O) groups is 1. The Balaban J connectivity index is 2.28. The van der Waals surface area contributed by atoms with Gasteiger partial charge in [-0.2, -0.15) is 10.2 Å². The molecule has 0 bridgehead atoms. The molecule has 18 heavy (non-hydrogen) atoms. The van der Waals surface area contributed by atoms with Gasteiger partial charge in [0.2, 0.25) is 0 Å². The van der Waals surface area contributed by atoms with Crippen molar-refractivity contribution >= 4 is 17.4 Å². The summed E-state index contributed by atoms with van der Waals surface area (Å²) in [4.78, 5) is 16.1. The van der Waals surface area contributed by atoms with Crippen molar-refractivity contribution < 1.29 is 4.79 Å². The maximum atomic E-state index is 12.2. The molecule has 5 heteroatoms. The molecular weight excluding hydrogens is 250 g/mol. The van der Waals surface area contributed by atoms with E-state index in [1.54, 1.807) is 25.3 Å². The van der Waals surface area contributed by atoms with E-state index in [0.29, 0.717) is 16.3 Å². The monoisotopic (exact) mass is 261 g/mol. The van der Waals surface area contributed by atoms with Crippen molar-refractivity contribution in [2.45, 2.75) is 20.3 Å². The van der Waals surface area contributed by atoms with Gasteiger partial charge in [-0.25, -0.2) is 0 Å². The number of hydrogen-bond acceptors (Lipinski definition) is 4. The Morgan fingerprint density at radius 2 is 2.11 bits per heavy atom. The van der Waals surface area contributed by atoms with Crippen molar-refractivity contribution in [3.8, 4) is 0 Å². The smallest absolute Gasteiger partial charge is 0.169 e. The molecule has 92 valence electrons. The van der Waals surface area contributed by atoms with Crippen LogP contribution in [0.1, 0.15) is 27.3 Å². The maximum absolute atomic E-state index is 12.2. The number of rotatable bonds is 3. The highest BCUT2D eigenvalue weighted by molar-refractivity contribution is 6.31. The molecule has 0 aliphatic heterocycles.